The van der Waals surface area contributed by atoms with Crippen molar-refractivity contribution in [2.45, 2.75) is 33.1 Å². The normalized spacial score (nSPS) is 13.0. The monoisotopic (exact) mass is 150 g/mol. The Labute approximate surface area is 67.7 Å². The lowest BCUT2D eigenvalue weighted by Gasteiger charge is -2.08. The fraction of sp³-hybridized carbons (Fsp3) is 0.556. The number of aryl methyl sites for hydroxylation is 1. The first kappa shape index (κ1) is 8.18. The Morgan fingerprint density at radius 2 is 2.00 bits per heavy atom. The highest BCUT2D eigenvalue weighted by molar-refractivity contribution is 5.12. The average Bonchev–Trinajstić information content (AvgIpc) is 2.04. The van der Waals surface area contributed by atoms with Crippen molar-refractivity contribution in [2.75, 3.05) is 0 Å². The van der Waals surface area contributed by atoms with E-state index in [-0.39, 0.29) is 0 Å². The van der Waals surface area contributed by atoms with Crippen LogP contribution >= 0.6 is 0 Å². The standard InChI is InChI=1S/C9H14N2/c1-4-7(2)9-8(3)10-5-6-11-9/h5-7H,4H2,1-3H3/t7-/m1/s1. The van der Waals surface area contributed by atoms with Gasteiger partial charge in [-0.25, -0.2) is 0 Å². The summed E-state index contributed by atoms with van der Waals surface area (Å²) in [7, 11) is 0. The van der Waals surface area contributed by atoms with Crippen LogP contribution in [0.2, 0.25) is 0 Å². The van der Waals surface area contributed by atoms with E-state index in [1.807, 2.05) is 6.92 Å². The van der Waals surface area contributed by atoms with E-state index in [0.717, 1.165) is 17.8 Å². The van der Waals surface area contributed by atoms with Crippen LogP contribution in [-0.2, 0) is 0 Å². The van der Waals surface area contributed by atoms with Crippen molar-refractivity contribution in [1.82, 2.24) is 9.97 Å². The maximum atomic E-state index is 4.29. The van der Waals surface area contributed by atoms with Gasteiger partial charge in [-0.2, -0.15) is 0 Å². The van der Waals surface area contributed by atoms with Gasteiger partial charge < -0.3 is 0 Å². The Morgan fingerprint density at radius 3 is 2.55 bits per heavy atom. The molecule has 60 valence electrons. The van der Waals surface area contributed by atoms with Crippen LogP contribution in [0.25, 0.3) is 0 Å². The first-order valence-corrected chi connectivity index (χ1v) is 4.03. The van der Waals surface area contributed by atoms with E-state index < -0.39 is 0 Å². The van der Waals surface area contributed by atoms with E-state index >= 15 is 0 Å². The van der Waals surface area contributed by atoms with Crippen molar-refractivity contribution in [2.24, 2.45) is 0 Å². The quantitative estimate of drug-likeness (QED) is 0.646. The van der Waals surface area contributed by atoms with E-state index in [2.05, 4.69) is 23.8 Å². The summed E-state index contributed by atoms with van der Waals surface area (Å²) < 4.78 is 0. The summed E-state index contributed by atoms with van der Waals surface area (Å²) in [5.74, 6) is 0.531. The van der Waals surface area contributed by atoms with Crippen LogP contribution in [0.15, 0.2) is 12.4 Å². The minimum absolute atomic E-state index is 0.531. The van der Waals surface area contributed by atoms with Gasteiger partial charge in [0.25, 0.3) is 0 Å². The van der Waals surface area contributed by atoms with E-state index in [4.69, 9.17) is 0 Å². The van der Waals surface area contributed by atoms with Crippen molar-refractivity contribution in [3.8, 4) is 0 Å². The molecule has 0 fully saturated rings. The van der Waals surface area contributed by atoms with Gasteiger partial charge in [-0.15, -0.1) is 0 Å². The van der Waals surface area contributed by atoms with Gasteiger partial charge in [-0.1, -0.05) is 13.8 Å². The molecule has 0 radical (unpaired) electrons. The Morgan fingerprint density at radius 1 is 1.36 bits per heavy atom. The van der Waals surface area contributed by atoms with Crippen LogP contribution in [0.4, 0.5) is 0 Å². The first-order valence-electron chi connectivity index (χ1n) is 4.03. The van der Waals surface area contributed by atoms with Crippen molar-refractivity contribution in [3.63, 3.8) is 0 Å². The van der Waals surface area contributed by atoms with Crippen LogP contribution < -0.4 is 0 Å². The van der Waals surface area contributed by atoms with Gasteiger partial charge in [-0.05, 0) is 19.3 Å². The van der Waals surface area contributed by atoms with Gasteiger partial charge in [0, 0.05) is 12.4 Å². The summed E-state index contributed by atoms with van der Waals surface area (Å²) in [6.07, 6.45) is 4.62. The average molecular weight is 150 g/mol. The smallest absolute Gasteiger partial charge is 0.0643 e. The first-order chi connectivity index (χ1) is 5.25. The molecule has 0 amide bonds. The molecule has 0 saturated heterocycles. The van der Waals surface area contributed by atoms with E-state index in [1.165, 1.54) is 0 Å². The Balaban J connectivity index is 2.93. The molecule has 0 aliphatic carbocycles. The van der Waals surface area contributed by atoms with Gasteiger partial charge in [-0.3, -0.25) is 9.97 Å². The third-order valence-electron chi connectivity index (χ3n) is 2.00. The molecule has 0 spiro atoms. The number of rotatable bonds is 2. The minimum atomic E-state index is 0.531. The Hall–Kier alpha value is -0.920. The zero-order chi connectivity index (χ0) is 8.27. The zero-order valence-electron chi connectivity index (χ0n) is 7.33. The Kier molecular flexibility index (Phi) is 2.58. The molecule has 1 aromatic rings. The molecule has 2 heteroatoms. The van der Waals surface area contributed by atoms with Gasteiger partial charge in [0.05, 0.1) is 11.4 Å². The highest BCUT2D eigenvalue weighted by Crippen LogP contribution is 2.17. The lowest BCUT2D eigenvalue weighted by molar-refractivity contribution is 0.694. The van der Waals surface area contributed by atoms with E-state index in [0.29, 0.717) is 5.92 Å². The molecule has 0 N–H and O–H groups in total. The topological polar surface area (TPSA) is 25.8 Å². The molecule has 0 aliphatic heterocycles. The van der Waals surface area contributed by atoms with Gasteiger partial charge in [0.15, 0.2) is 0 Å². The maximum absolute atomic E-state index is 4.29. The summed E-state index contributed by atoms with van der Waals surface area (Å²) in [5.41, 5.74) is 2.19. The molecule has 1 heterocycles. The molecular weight excluding hydrogens is 136 g/mol. The summed E-state index contributed by atoms with van der Waals surface area (Å²) >= 11 is 0. The predicted molar refractivity (Wildman–Crippen MR) is 45.5 cm³/mol. The van der Waals surface area contributed by atoms with Crippen LogP contribution in [0.5, 0.6) is 0 Å². The van der Waals surface area contributed by atoms with Gasteiger partial charge >= 0.3 is 0 Å². The molecule has 0 bridgehead atoms. The van der Waals surface area contributed by atoms with Gasteiger partial charge in [0.1, 0.15) is 0 Å². The summed E-state index contributed by atoms with van der Waals surface area (Å²) in [6, 6.07) is 0. The number of hydrogen-bond acceptors (Lipinski definition) is 2. The highest BCUT2D eigenvalue weighted by atomic mass is 14.8. The van der Waals surface area contributed by atoms with Crippen LogP contribution in [-0.4, -0.2) is 9.97 Å². The minimum Gasteiger partial charge on any atom is -0.258 e. The third kappa shape index (κ3) is 1.76. The van der Waals surface area contributed by atoms with Crippen LogP contribution in [0, 0.1) is 6.92 Å². The van der Waals surface area contributed by atoms with Crippen molar-refractivity contribution < 1.29 is 0 Å². The lowest BCUT2D eigenvalue weighted by atomic mass is 10.0. The fourth-order valence-corrected chi connectivity index (χ4v) is 1.10. The number of nitrogens with zero attached hydrogens (tertiary/aromatic N) is 2. The molecule has 0 unspecified atom stereocenters. The fourth-order valence-electron chi connectivity index (χ4n) is 1.10. The van der Waals surface area contributed by atoms with Crippen LogP contribution in [0.3, 0.4) is 0 Å². The molecule has 1 rings (SSSR count). The van der Waals surface area contributed by atoms with Crippen molar-refractivity contribution >= 4 is 0 Å². The zero-order valence-corrected chi connectivity index (χ0v) is 7.33. The molecule has 1 aromatic heterocycles. The second-order valence-electron chi connectivity index (χ2n) is 2.84. The second kappa shape index (κ2) is 3.46. The summed E-state index contributed by atoms with van der Waals surface area (Å²) in [5, 5.41) is 0. The second-order valence-corrected chi connectivity index (χ2v) is 2.84. The van der Waals surface area contributed by atoms with Crippen molar-refractivity contribution in [3.05, 3.63) is 23.8 Å². The SMILES string of the molecule is CC[C@@H](C)c1nccnc1C. The van der Waals surface area contributed by atoms with E-state index in [1.54, 1.807) is 12.4 Å². The highest BCUT2D eigenvalue weighted by Gasteiger charge is 2.06. The molecular formula is C9H14N2. The van der Waals surface area contributed by atoms with Gasteiger partial charge in [0.2, 0.25) is 0 Å². The molecule has 11 heavy (non-hydrogen) atoms. The summed E-state index contributed by atoms with van der Waals surface area (Å²) in [4.78, 5) is 8.47. The largest absolute Gasteiger partial charge is 0.258 e. The number of aromatic nitrogens is 2. The third-order valence-corrected chi connectivity index (χ3v) is 2.00. The lowest BCUT2D eigenvalue weighted by Crippen LogP contribution is -1.99. The molecule has 0 saturated carbocycles. The van der Waals surface area contributed by atoms with Crippen LogP contribution in [0.1, 0.15) is 37.6 Å². The maximum Gasteiger partial charge on any atom is 0.0643 e. The molecule has 1 atom stereocenters. The molecule has 2 nitrogen and oxygen atoms in total. The van der Waals surface area contributed by atoms with Crippen molar-refractivity contribution in [1.29, 1.82) is 0 Å². The van der Waals surface area contributed by atoms with E-state index in [9.17, 15) is 0 Å². The molecule has 0 aromatic carbocycles. The predicted octanol–water partition coefficient (Wildman–Crippen LogP) is 2.30. The summed E-state index contributed by atoms with van der Waals surface area (Å²) in [6.45, 7) is 6.35. The molecule has 0 aliphatic rings. The number of hydrogen-bond donors (Lipinski definition) is 0. The Bertz CT molecular complexity index is 233.